The molecule has 1 saturated heterocycles. The van der Waals surface area contributed by atoms with Crippen LogP contribution in [0, 0.1) is 6.92 Å². The van der Waals surface area contributed by atoms with Gasteiger partial charge in [-0.05, 0) is 13.3 Å². The number of hydrogen-bond acceptors (Lipinski definition) is 4. The molecule has 0 N–H and O–H groups in total. The van der Waals surface area contributed by atoms with Gasteiger partial charge in [0.2, 0.25) is 0 Å². The topological polar surface area (TPSA) is 42.4 Å². The Hall–Kier alpha value is -0.940. The molecule has 2 rings (SSSR count). The van der Waals surface area contributed by atoms with E-state index in [1.807, 2.05) is 11.8 Å². The lowest BCUT2D eigenvalue weighted by Crippen LogP contribution is -2.45. The molecule has 0 aromatic carbocycles. The quantitative estimate of drug-likeness (QED) is 0.790. The number of morpholine rings is 1. The minimum atomic E-state index is 0.0988. The van der Waals surface area contributed by atoms with Crippen LogP contribution in [0.2, 0.25) is 0 Å². The predicted octanol–water partition coefficient (Wildman–Crippen LogP) is 1.70. The van der Waals surface area contributed by atoms with Gasteiger partial charge in [0.1, 0.15) is 4.88 Å². The minimum Gasteiger partial charge on any atom is -0.375 e. The normalized spacial score (nSPS) is 21.1. The SMILES string of the molecule is CC[C@@H]1CN(C(=O)c2scnc2C)CCO1. The maximum absolute atomic E-state index is 12.2. The van der Waals surface area contributed by atoms with Crippen molar-refractivity contribution < 1.29 is 9.53 Å². The van der Waals surface area contributed by atoms with Crippen molar-refractivity contribution in [2.45, 2.75) is 26.4 Å². The van der Waals surface area contributed by atoms with Gasteiger partial charge >= 0.3 is 0 Å². The van der Waals surface area contributed by atoms with Crippen molar-refractivity contribution >= 4 is 17.2 Å². The molecule has 5 heteroatoms. The van der Waals surface area contributed by atoms with E-state index in [1.54, 1.807) is 5.51 Å². The molecule has 0 unspecified atom stereocenters. The summed E-state index contributed by atoms with van der Waals surface area (Å²) in [6.45, 7) is 5.99. The summed E-state index contributed by atoms with van der Waals surface area (Å²) >= 11 is 1.42. The smallest absolute Gasteiger partial charge is 0.266 e. The Kier molecular flexibility index (Phi) is 3.56. The summed E-state index contributed by atoms with van der Waals surface area (Å²) in [4.78, 5) is 18.9. The molecule has 0 radical (unpaired) electrons. The highest BCUT2D eigenvalue weighted by atomic mass is 32.1. The van der Waals surface area contributed by atoms with Crippen molar-refractivity contribution in [3.8, 4) is 0 Å². The van der Waals surface area contributed by atoms with Crippen LogP contribution >= 0.6 is 11.3 Å². The summed E-state index contributed by atoms with van der Waals surface area (Å²) in [6.07, 6.45) is 1.14. The van der Waals surface area contributed by atoms with Crippen LogP contribution in [-0.2, 0) is 4.74 Å². The second-order valence-corrected chi connectivity index (χ2v) is 4.77. The Labute approximate surface area is 99.2 Å². The van der Waals surface area contributed by atoms with Gasteiger partial charge in [0.15, 0.2) is 0 Å². The number of rotatable bonds is 2. The fourth-order valence-electron chi connectivity index (χ4n) is 1.80. The fourth-order valence-corrected chi connectivity index (χ4v) is 2.57. The van der Waals surface area contributed by atoms with Crippen molar-refractivity contribution in [3.05, 3.63) is 16.1 Å². The summed E-state index contributed by atoms with van der Waals surface area (Å²) in [7, 11) is 0. The number of amides is 1. The lowest BCUT2D eigenvalue weighted by Gasteiger charge is -2.32. The first kappa shape index (κ1) is 11.5. The summed E-state index contributed by atoms with van der Waals surface area (Å²) in [5.74, 6) is 0.0988. The van der Waals surface area contributed by atoms with E-state index in [0.717, 1.165) is 17.0 Å². The lowest BCUT2D eigenvalue weighted by molar-refractivity contribution is -0.0224. The van der Waals surface area contributed by atoms with Gasteiger partial charge in [-0.2, -0.15) is 0 Å². The monoisotopic (exact) mass is 240 g/mol. The van der Waals surface area contributed by atoms with Crippen molar-refractivity contribution in [1.29, 1.82) is 0 Å². The van der Waals surface area contributed by atoms with E-state index in [0.29, 0.717) is 19.7 Å². The van der Waals surface area contributed by atoms with Crippen LogP contribution in [0.1, 0.15) is 28.7 Å². The highest BCUT2D eigenvalue weighted by Gasteiger charge is 2.25. The standard InChI is InChI=1S/C11H16N2O2S/c1-3-9-6-13(4-5-15-9)11(14)10-8(2)12-7-16-10/h7,9H,3-6H2,1-2H3/t9-/m1/s1. The van der Waals surface area contributed by atoms with E-state index in [1.165, 1.54) is 11.3 Å². The molecule has 1 aromatic rings. The Bertz CT molecular complexity index is 378. The van der Waals surface area contributed by atoms with E-state index in [2.05, 4.69) is 11.9 Å². The van der Waals surface area contributed by atoms with Crippen LogP contribution in [0.4, 0.5) is 0 Å². The number of carbonyl (C=O) groups excluding carboxylic acids is 1. The van der Waals surface area contributed by atoms with E-state index in [-0.39, 0.29) is 12.0 Å². The minimum absolute atomic E-state index is 0.0988. The number of aromatic nitrogens is 1. The van der Waals surface area contributed by atoms with Gasteiger partial charge in [0, 0.05) is 13.1 Å². The van der Waals surface area contributed by atoms with Crippen molar-refractivity contribution in [2.75, 3.05) is 19.7 Å². The molecule has 0 bridgehead atoms. The molecule has 1 aliphatic rings. The molecule has 0 saturated carbocycles. The molecule has 0 aliphatic carbocycles. The first-order valence-electron chi connectivity index (χ1n) is 5.53. The molecular formula is C11H16N2O2S. The van der Waals surface area contributed by atoms with Crippen LogP contribution in [-0.4, -0.2) is 41.6 Å². The second-order valence-electron chi connectivity index (χ2n) is 3.92. The molecule has 2 heterocycles. The van der Waals surface area contributed by atoms with Crippen LogP contribution in [0.5, 0.6) is 0 Å². The first-order chi connectivity index (χ1) is 7.72. The van der Waals surface area contributed by atoms with Crippen molar-refractivity contribution in [2.24, 2.45) is 0 Å². The van der Waals surface area contributed by atoms with E-state index in [9.17, 15) is 4.79 Å². The molecular weight excluding hydrogens is 224 g/mol. The number of ether oxygens (including phenoxy) is 1. The van der Waals surface area contributed by atoms with Gasteiger partial charge in [-0.25, -0.2) is 4.98 Å². The third-order valence-electron chi connectivity index (χ3n) is 2.82. The molecule has 16 heavy (non-hydrogen) atoms. The molecule has 4 nitrogen and oxygen atoms in total. The molecule has 1 aromatic heterocycles. The third kappa shape index (κ3) is 2.25. The number of nitrogens with zero attached hydrogens (tertiary/aromatic N) is 2. The molecule has 1 atom stereocenters. The molecule has 88 valence electrons. The third-order valence-corrected chi connectivity index (χ3v) is 3.74. The van der Waals surface area contributed by atoms with Gasteiger partial charge in [-0.3, -0.25) is 4.79 Å². The van der Waals surface area contributed by atoms with Crippen molar-refractivity contribution in [3.63, 3.8) is 0 Å². The zero-order chi connectivity index (χ0) is 11.5. The average molecular weight is 240 g/mol. The first-order valence-corrected chi connectivity index (χ1v) is 6.41. The molecule has 0 spiro atoms. The Morgan fingerprint density at radius 1 is 1.75 bits per heavy atom. The van der Waals surface area contributed by atoms with Gasteiger partial charge in [0.25, 0.3) is 5.91 Å². The van der Waals surface area contributed by atoms with Gasteiger partial charge in [-0.15, -0.1) is 11.3 Å². The average Bonchev–Trinajstić information content (AvgIpc) is 2.74. The highest BCUT2D eigenvalue weighted by molar-refractivity contribution is 7.11. The summed E-state index contributed by atoms with van der Waals surface area (Å²) < 4.78 is 5.55. The Morgan fingerprint density at radius 2 is 2.56 bits per heavy atom. The maximum atomic E-state index is 12.2. The second kappa shape index (κ2) is 4.93. The van der Waals surface area contributed by atoms with Gasteiger partial charge < -0.3 is 9.64 Å². The van der Waals surface area contributed by atoms with E-state index < -0.39 is 0 Å². The summed E-state index contributed by atoms with van der Waals surface area (Å²) in [5.41, 5.74) is 2.55. The predicted molar refractivity (Wildman–Crippen MR) is 62.8 cm³/mol. The molecule has 1 amide bonds. The lowest BCUT2D eigenvalue weighted by atomic mass is 10.2. The number of hydrogen-bond donors (Lipinski definition) is 0. The zero-order valence-electron chi connectivity index (χ0n) is 9.60. The maximum Gasteiger partial charge on any atom is 0.266 e. The highest BCUT2D eigenvalue weighted by Crippen LogP contribution is 2.17. The van der Waals surface area contributed by atoms with E-state index >= 15 is 0 Å². The largest absolute Gasteiger partial charge is 0.375 e. The van der Waals surface area contributed by atoms with E-state index in [4.69, 9.17) is 4.74 Å². The molecule has 1 aliphatic heterocycles. The Morgan fingerprint density at radius 3 is 3.19 bits per heavy atom. The van der Waals surface area contributed by atoms with Crippen LogP contribution in [0.3, 0.4) is 0 Å². The zero-order valence-corrected chi connectivity index (χ0v) is 10.4. The summed E-state index contributed by atoms with van der Waals surface area (Å²) in [5, 5.41) is 0. The fraction of sp³-hybridized carbons (Fsp3) is 0.636. The van der Waals surface area contributed by atoms with Crippen molar-refractivity contribution in [1.82, 2.24) is 9.88 Å². The van der Waals surface area contributed by atoms with Crippen LogP contribution in [0.15, 0.2) is 5.51 Å². The number of carbonyl (C=O) groups is 1. The Balaban J connectivity index is 2.07. The summed E-state index contributed by atoms with van der Waals surface area (Å²) in [6, 6.07) is 0. The van der Waals surface area contributed by atoms with Crippen LogP contribution in [0.25, 0.3) is 0 Å². The van der Waals surface area contributed by atoms with Gasteiger partial charge in [-0.1, -0.05) is 6.92 Å². The number of thiazole rings is 1. The molecule has 1 fully saturated rings. The van der Waals surface area contributed by atoms with Crippen LogP contribution < -0.4 is 0 Å². The number of aryl methyl sites for hydroxylation is 1. The van der Waals surface area contributed by atoms with Gasteiger partial charge in [0.05, 0.1) is 23.9 Å².